The van der Waals surface area contributed by atoms with E-state index in [0.717, 1.165) is 28.3 Å². The summed E-state index contributed by atoms with van der Waals surface area (Å²) < 4.78 is 5.08. The Labute approximate surface area is 130 Å². The normalized spacial score (nSPS) is 10.0. The van der Waals surface area contributed by atoms with Crippen molar-refractivity contribution in [3.63, 3.8) is 0 Å². The molecule has 0 unspecified atom stereocenters. The summed E-state index contributed by atoms with van der Waals surface area (Å²) in [5.41, 5.74) is 9.95. The van der Waals surface area contributed by atoms with Crippen LogP contribution in [0.3, 0.4) is 0 Å². The molecule has 0 spiro atoms. The molecule has 5 nitrogen and oxygen atoms in total. The monoisotopic (exact) mass is 309 g/mol. The molecule has 6 heteroatoms. The van der Waals surface area contributed by atoms with Crippen LogP contribution in [0.5, 0.6) is 0 Å². The molecule has 0 atom stereocenters. The lowest BCUT2D eigenvalue weighted by molar-refractivity contribution is -0.116. The SMILES string of the molecule is Cc1ccc(N)cc1NC(=O)CCc1c(C)noc1C.Cl. The van der Waals surface area contributed by atoms with Crippen LogP contribution < -0.4 is 11.1 Å². The number of halogens is 1. The van der Waals surface area contributed by atoms with Crippen LogP contribution in [0.1, 0.15) is 29.0 Å². The molecule has 0 aliphatic rings. The van der Waals surface area contributed by atoms with Crippen LogP contribution in [0, 0.1) is 20.8 Å². The van der Waals surface area contributed by atoms with Crippen molar-refractivity contribution in [2.24, 2.45) is 0 Å². The maximum absolute atomic E-state index is 12.0. The molecule has 1 aromatic heterocycles. The van der Waals surface area contributed by atoms with Gasteiger partial charge in [-0.15, -0.1) is 12.4 Å². The fraction of sp³-hybridized carbons (Fsp3) is 0.333. The third-order valence-corrected chi connectivity index (χ3v) is 3.32. The van der Waals surface area contributed by atoms with Gasteiger partial charge in [-0.2, -0.15) is 0 Å². The standard InChI is InChI=1S/C15H19N3O2.ClH/c1-9-4-5-12(16)8-14(9)17-15(19)7-6-13-10(2)18-20-11(13)3;/h4-5,8H,6-7,16H2,1-3H3,(H,17,19);1H. The molecule has 3 N–H and O–H groups in total. The zero-order valence-electron chi connectivity index (χ0n) is 12.4. The summed E-state index contributed by atoms with van der Waals surface area (Å²) in [5.74, 6) is 0.731. The first-order valence-corrected chi connectivity index (χ1v) is 6.55. The second-order valence-corrected chi connectivity index (χ2v) is 4.93. The molecule has 0 fully saturated rings. The minimum atomic E-state index is -0.0429. The molecular formula is C15H20ClN3O2. The second kappa shape index (κ2) is 7.13. The Morgan fingerprint density at radius 2 is 2.05 bits per heavy atom. The van der Waals surface area contributed by atoms with Crippen molar-refractivity contribution in [1.82, 2.24) is 5.16 Å². The molecule has 2 rings (SSSR count). The van der Waals surface area contributed by atoms with Gasteiger partial charge in [-0.05, 0) is 44.9 Å². The number of hydrogen-bond acceptors (Lipinski definition) is 4. The fourth-order valence-corrected chi connectivity index (χ4v) is 2.08. The van der Waals surface area contributed by atoms with E-state index in [0.29, 0.717) is 18.5 Å². The molecular weight excluding hydrogens is 290 g/mol. The van der Waals surface area contributed by atoms with Crippen LogP contribution in [-0.2, 0) is 11.2 Å². The quantitative estimate of drug-likeness (QED) is 0.850. The summed E-state index contributed by atoms with van der Waals surface area (Å²) >= 11 is 0. The van der Waals surface area contributed by atoms with Gasteiger partial charge in [0.15, 0.2) is 0 Å². The van der Waals surface area contributed by atoms with Crippen molar-refractivity contribution in [2.75, 3.05) is 11.1 Å². The highest BCUT2D eigenvalue weighted by Crippen LogP contribution is 2.19. The van der Waals surface area contributed by atoms with Gasteiger partial charge in [0.25, 0.3) is 0 Å². The summed E-state index contributed by atoms with van der Waals surface area (Å²) in [6, 6.07) is 5.47. The number of nitrogens with zero attached hydrogens (tertiary/aromatic N) is 1. The highest BCUT2D eigenvalue weighted by molar-refractivity contribution is 5.92. The van der Waals surface area contributed by atoms with Crippen molar-refractivity contribution in [2.45, 2.75) is 33.6 Å². The Balaban J connectivity index is 0.00000220. The number of carbonyl (C=O) groups is 1. The van der Waals surface area contributed by atoms with Gasteiger partial charge in [0.1, 0.15) is 5.76 Å². The Morgan fingerprint density at radius 1 is 1.33 bits per heavy atom. The van der Waals surface area contributed by atoms with Crippen LogP contribution in [0.4, 0.5) is 11.4 Å². The maximum atomic E-state index is 12.0. The summed E-state index contributed by atoms with van der Waals surface area (Å²) in [6.07, 6.45) is 1.01. The van der Waals surface area contributed by atoms with Crippen molar-refractivity contribution in [1.29, 1.82) is 0 Å². The molecule has 0 aliphatic carbocycles. The Bertz CT molecular complexity index is 618. The van der Waals surface area contributed by atoms with Crippen molar-refractivity contribution < 1.29 is 9.32 Å². The average molecular weight is 310 g/mol. The molecule has 1 heterocycles. The fourth-order valence-electron chi connectivity index (χ4n) is 2.08. The number of rotatable bonds is 4. The van der Waals surface area contributed by atoms with E-state index in [9.17, 15) is 4.79 Å². The molecule has 0 aliphatic heterocycles. The lowest BCUT2D eigenvalue weighted by Crippen LogP contribution is -2.13. The van der Waals surface area contributed by atoms with Crippen molar-refractivity contribution >= 4 is 29.7 Å². The predicted octanol–water partition coefficient (Wildman–Crippen LogP) is 3.18. The van der Waals surface area contributed by atoms with E-state index >= 15 is 0 Å². The summed E-state index contributed by atoms with van der Waals surface area (Å²) in [5, 5.41) is 6.76. The maximum Gasteiger partial charge on any atom is 0.224 e. The zero-order chi connectivity index (χ0) is 14.7. The van der Waals surface area contributed by atoms with E-state index in [1.165, 1.54) is 0 Å². The van der Waals surface area contributed by atoms with E-state index in [-0.39, 0.29) is 18.3 Å². The highest BCUT2D eigenvalue weighted by atomic mass is 35.5. The van der Waals surface area contributed by atoms with E-state index < -0.39 is 0 Å². The summed E-state index contributed by atoms with van der Waals surface area (Å²) in [6.45, 7) is 5.67. The largest absolute Gasteiger partial charge is 0.399 e. The number of nitrogen functional groups attached to an aromatic ring is 1. The van der Waals surface area contributed by atoms with E-state index in [1.807, 2.05) is 32.9 Å². The third-order valence-electron chi connectivity index (χ3n) is 3.32. The molecule has 1 aromatic carbocycles. The van der Waals surface area contributed by atoms with Gasteiger partial charge in [0.2, 0.25) is 5.91 Å². The van der Waals surface area contributed by atoms with Crippen LogP contribution >= 0.6 is 12.4 Å². The van der Waals surface area contributed by atoms with E-state index in [1.54, 1.807) is 6.07 Å². The number of anilines is 2. The summed E-state index contributed by atoms with van der Waals surface area (Å²) in [4.78, 5) is 12.0. The van der Waals surface area contributed by atoms with E-state index in [2.05, 4.69) is 10.5 Å². The molecule has 21 heavy (non-hydrogen) atoms. The second-order valence-electron chi connectivity index (χ2n) is 4.93. The van der Waals surface area contributed by atoms with Gasteiger partial charge in [0, 0.05) is 23.4 Å². The Kier molecular flexibility index (Phi) is 5.79. The van der Waals surface area contributed by atoms with Gasteiger partial charge in [-0.3, -0.25) is 4.79 Å². The molecule has 0 saturated carbocycles. The lowest BCUT2D eigenvalue weighted by atomic mass is 10.1. The van der Waals surface area contributed by atoms with Crippen LogP contribution in [0.2, 0.25) is 0 Å². The van der Waals surface area contributed by atoms with Gasteiger partial charge in [-0.1, -0.05) is 11.2 Å². The predicted molar refractivity (Wildman–Crippen MR) is 85.8 cm³/mol. The smallest absolute Gasteiger partial charge is 0.224 e. The Morgan fingerprint density at radius 3 is 2.67 bits per heavy atom. The van der Waals surface area contributed by atoms with Gasteiger partial charge in [-0.25, -0.2) is 0 Å². The molecule has 114 valence electrons. The number of benzene rings is 1. The van der Waals surface area contributed by atoms with Crippen molar-refractivity contribution in [3.8, 4) is 0 Å². The zero-order valence-corrected chi connectivity index (χ0v) is 13.2. The highest BCUT2D eigenvalue weighted by Gasteiger charge is 2.11. The third kappa shape index (κ3) is 4.23. The first-order chi connectivity index (χ1) is 9.47. The molecule has 0 radical (unpaired) electrons. The van der Waals surface area contributed by atoms with Crippen LogP contribution in [0.15, 0.2) is 22.7 Å². The topological polar surface area (TPSA) is 81.1 Å². The van der Waals surface area contributed by atoms with Crippen LogP contribution in [0.25, 0.3) is 0 Å². The molecule has 1 amide bonds. The number of nitrogens with two attached hydrogens (primary N) is 1. The number of carbonyl (C=O) groups excluding carboxylic acids is 1. The van der Waals surface area contributed by atoms with Gasteiger partial charge < -0.3 is 15.6 Å². The van der Waals surface area contributed by atoms with Crippen LogP contribution in [-0.4, -0.2) is 11.1 Å². The number of aryl methyl sites for hydroxylation is 3. The number of hydrogen-bond donors (Lipinski definition) is 2. The Hall–Kier alpha value is -2.01. The lowest BCUT2D eigenvalue weighted by Gasteiger charge is -2.09. The molecule has 0 saturated heterocycles. The molecule has 0 bridgehead atoms. The van der Waals surface area contributed by atoms with Gasteiger partial charge in [0.05, 0.1) is 5.69 Å². The number of nitrogens with one attached hydrogen (secondary N) is 1. The minimum Gasteiger partial charge on any atom is -0.399 e. The first-order valence-electron chi connectivity index (χ1n) is 6.55. The minimum absolute atomic E-state index is 0. The average Bonchev–Trinajstić information content (AvgIpc) is 2.71. The molecule has 2 aromatic rings. The van der Waals surface area contributed by atoms with E-state index in [4.69, 9.17) is 10.3 Å². The first kappa shape index (κ1) is 17.0. The van der Waals surface area contributed by atoms with Gasteiger partial charge >= 0.3 is 0 Å². The summed E-state index contributed by atoms with van der Waals surface area (Å²) in [7, 11) is 0. The van der Waals surface area contributed by atoms with Crippen molar-refractivity contribution in [3.05, 3.63) is 40.8 Å². The number of aromatic nitrogens is 1. The number of amides is 1.